The Hall–Kier alpha value is 0.137. The van der Waals surface area contributed by atoms with Gasteiger partial charge in [-0.15, -0.1) is 0 Å². The largest absolute Gasteiger partial charge is 0.343 e. The van der Waals surface area contributed by atoms with Crippen molar-refractivity contribution < 1.29 is 4.53 Å². The third-order valence-corrected chi connectivity index (χ3v) is 5.13. The summed E-state index contributed by atoms with van der Waals surface area (Å²) in [5.74, 6) is 0. The third-order valence-electron chi connectivity index (χ3n) is 2.82. The van der Waals surface area contributed by atoms with Crippen LogP contribution in [0.4, 0.5) is 0 Å². The van der Waals surface area contributed by atoms with Crippen LogP contribution in [0.1, 0.15) is 39.0 Å². The van der Waals surface area contributed by atoms with E-state index >= 15 is 0 Å². The minimum Gasteiger partial charge on any atom is -0.343 e. The lowest BCUT2D eigenvalue weighted by molar-refractivity contribution is -0.0825. The average Bonchev–Trinajstić information content (AvgIpc) is 2.16. The summed E-state index contributed by atoms with van der Waals surface area (Å²) in [4.78, 5) is 0. The Morgan fingerprint density at radius 3 is 2.36 bits per heavy atom. The summed E-state index contributed by atoms with van der Waals surface area (Å²) in [5, 5.41) is 2.23. The van der Waals surface area contributed by atoms with Crippen molar-refractivity contribution in [1.29, 1.82) is 0 Å². The van der Waals surface area contributed by atoms with Crippen molar-refractivity contribution in [2.45, 2.75) is 58.2 Å². The lowest BCUT2D eigenvalue weighted by Gasteiger charge is -2.33. The molecule has 0 aromatic heterocycles. The van der Waals surface area contributed by atoms with Crippen LogP contribution < -0.4 is 0 Å². The van der Waals surface area contributed by atoms with Crippen LogP contribution in [0.25, 0.3) is 0 Å². The zero-order chi connectivity index (χ0) is 10.4. The quantitative estimate of drug-likeness (QED) is 0.652. The lowest BCUT2D eigenvalue weighted by Crippen LogP contribution is -2.42. The molecule has 1 saturated heterocycles. The van der Waals surface area contributed by atoms with Gasteiger partial charge < -0.3 is 4.53 Å². The van der Waals surface area contributed by atoms with Crippen LogP contribution in [0.2, 0.25) is 19.1 Å². The third kappa shape index (κ3) is 4.58. The van der Waals surface area contributed by atoms with Gasteiger partial charge >= 0.3 is 0 Å². The Balaban J connectivity index is 2.25. The van der Waals surface area contributed by atoms with E-state index < -0.39 is 8.32 Å². The van der Waals surface area contributed by atoms with Crippen LogP contribution in [0.3, 0.4) is 0 Å². The van der Waals surface area contributed by atoms with Crippen molar-refractivity contribution in [2.75, 3.05) is 13.1 Å². The summed E-state index contributed by atoms with van der Waals surface area (Å²) in [7, 11) is -1.39. The van der Waals surface area contributed by atoms with E-state index in [0.717, 1.165) is 13.1 Å². The number of unbranched alkanes of at least 4 members (excludes halogenated alkanes) is 1. The first-order valence-electron chi connectivity index (χ1n) is 6.08. The molecule has 84 valence electrons. The molecule has 1 rings (SSSR count). The molecule has 0 radical (unpaired) electrons. The molecule has 1 aliphatic rings. The number of rotatable bonds is 5. The minimum atomic E-state index is -1.39. The van der Waals surface area contributed by atoms with Gasteiger partial charge in [0.05, 0.1) is 0 Å². The molecule has 0 saturated carbocycles. The van der Waals surface area contributed by atoms with E-state index in [4.69, 9.17) is 4.53 Å². The highest BCUT2D eigenvalue weighted by Gasteiger charge is 2.26. The normalized spacial score (nSPS) is 19.9. The van der Waals surface area contributed by atoms with Gasteiger partial charge in [-0.25, -0.2) is 5.06 Å². The molecule has 2 nitrogen and oxygen atoms in total. The molecule has 0 aromatic rings. The van der Waals surface area contributed by atoms with Crippen molar-refractivity contribution in [2.24, 2.45) is 0 Å². The van der Waals surface area contributed by atoms with Gasteiger partial charge in [-0.2, -0.15) is 0 Å². The maximum atomic E-state index is 6.15. The molecule has 3 heteroatoms. The molecule has 1 aliphatic heterocycles. The fraction of sp³-hybridized carbons (Fsp3) is 1.00. The lowest BCUT2D eigenvalue weighted by atomic mass is 10.2. The zero-order valence-electron chi connectivity index (χ0n) is 10.0. The van der Waals surface area contributed by atoms with Crippen LogP contribution in [-0.4, -0.2) is 26.5 Å². The van der Waals surface area contributed by atoms with Gasteiger partial charge in [-0.05, 0) is 32.0 Å². The van der Waals surface area contributed by atoms with Gasteiger partial charge in [-0.3, -0.25) is 0 Å². The topological polar surface area (TPSA) is 12.5 Å². The first kappa shape index (κ1) is 12.2. The van der Waals surface area contributed by atoms with Gasteiger partial charge in [0.2, 0.25) is 8.32 Å². The van der Waals surface area contributed by atoms with E-state index in [0.29, 0.717) is 0 Å². The maximum absolute atomic E-state index is 6.15. The SMILES string of the molecule is CCCC[Si](C)(C)ON1CCCCC1. The number of hydroxylamine groups is 2. The van der Waals surface area contributed by atoms with Gasteiger partial charge in [0, 0.05) is 13.1 Å². The molecule has 0 atom stereocenters. The molecule has 1 fully saturated rings. The maximum Gasteiger partial charge on any atom is 0.215 e. The second-order valence-electron chi connectivity index (χ2n) is 4.94. The highest BCUT2D eigenvalue weighted by molar-refractivity contribution is 6.71. The van der Waals surface area contributed by atoms with Crippen LogP contribution in [0, 0.1) is 0 Å². The molecule has 0 unspecified atom stereocenters. The molecule has 0 spiro atoms. The van der Waals surface area contributed by atoms with Gasteiger partial charge in [-0.1, -0.05) is 26.2 Å². The molecule has 0 aliphatic carbocycles. The Labute approximate surface area is 89.7 Å². The number of hydrogen-bond donors (Lipinski definition) is 0. The van der Waals surface area contributed by atoms with Crippen molar-refractivity contribution >= 4 is 8.32 Å². The van der Waals surface area contributed by atoms with E-state index in [1.165, 1.54) is 38.1 Å². The number of piperidine rings is 1. The van der Waals surface area contributed by atoms with Crippen LogP contribution >= 0.6 is 0 Å². The molecule has 1 heterocycles. The predicted octanol–water partition coefficient (Wildman–Crippen LogP) is 3.41. The van der Waals surface area contributed by atoms with Crippen LogP contribution in [-0.2, 0) is 4.53 Å². The van der Waals surface area contributed by atoms with E-state index in [9.17, 15) is 0 Å². The zero-order valence-corrected chi connectivity index (χ0v) is 11.0. The van der Waals surface area contributed by atoms with E-state index in [-0.39, 0.29) is 0 Å². The van der Waals surface area contributed by atoms with Crippen LogP contribution in [0.5, 0.6) is 0 Å². The fourth-order valence-electron chi connectivity index (χ4n) is 1.95. The molecule has 0 N–H and O–H groups in total. The molecular weight excluding hydrogens is 190 g/mol. The van der Waals surface area contributed by atoms with Crippen molar-refractivity contribution in [3.63, 3.8) is 0 Å². The van der Waals surface area contributed by atoms with E-state index in [1.807, 2.05) is 0 Å². The smallest absolute Gasteiger partial charge is 0.215 e. The van der Waals surface area contributed by atoms with Crippen molar-refractivity contribution in [3.8, 4) is 0 Å². The summed E-state index contributed by atoms with van der Waals surface area (Å²) in [5.41, 5.74) is 0. The molecule has 14 heavy (non-hydrogen) atoms. The fourth-order valence-corrected chi connectivity index (χ4v) is 4.13. The second kappa shape index (κ2) is 5.88. The van der Waals surface area contributed by atoms with Gasteiger partial charge in [0.15, 0.2) is 0 Å². The summed E-state index contributed by atoms with van der Waals surface area (Å²) >= 11 is 0. The van der Waals surface area contributed by atoms with Gasteiger partial charge in [0.1, 0.15) is 0 Å². The predicted molar refractivity (Wildman–Crippen MR) is 63.7 cm³/mol. The number of hydrogen-bond acceptors (Lipinski definition) is 2. The van der Waals surface area contributed by atoms with Crippen molar-refractivity contribution in [1.82, 2.24) is 5.06 Å². The Morgan fingerprint density at radius 1 is 1.14 bits per heavy atom. The standard InChI is InChI=1S/C11H25NOSi/c1-4-5-11-14(2,3)13-12-9-7-6-8-10-12/h4-11H2,1-3H3. The molecule has 0 amide bonds. The number of nitrogens with zero attached hydrogens (tertiary/aromatic N) is 1. The minimum absolute atomic E-state index is 1.16. The average molecular weight is 215 g/mol. The monoisotopic (exact) mass is 215 g/mol. The van der Waals surface area contributed by atoms with Gasteiger partial charge in [0.25, 0.3) is 0 Å². The molecular formula is C11H25NOSi. The highest BCUT2D eigenvalue weighted by atomic mass is 28.4. The summed E-state index contributed by atoms with van der Waals surface area (Å²) in [6.07, 6.45) is 6.64. The first-order valence-corrected chi connectivity index (χ1v) is 9.20. The summed E-state index contributed by atoms with van der Waals surface area (Å²) in [6.45, 7) is 9.25. The second-order valence-corrected chi connectivity index (χ2v) is 9.15. The van der Waals surface area contributed by atoms with Crippen molar-refractivity contribution in [3.05, 3.63) is 0 Å². The van der Waals surface area contributed by atoms with Crippen LogP contribution in [0.15, 0.2) is 0 Å². The van der Waals surface area contributed by atoms with E-state index in [2.05, 4.69) is 25.1 Å². The summed E-state index contributed by atoms with van der Waals surface area (Å²) in [6, 6.07) is 1.31. The Morgan fingerprint density at radius 2 is 1.79 bits per heavy atom. The summed E-state index contributed by atoms with van der Waals surface area (Å²) < 4.78 is 6.15. The Kier molecular flexibility index (Phi) is 5.13. The Bertz CT molecular complexity index is 155. The van der Waals surface area contributed by atoms with E-state index in [1.54, 1.807) is 0 Å². The highest BCUT2D eigenvalue weighted by Crippen LogP contribution is 2.19. The molecule has 0 bridgehead atoms. The molecule has 0 aromatic carbocycles. The first-order chi connectivity index (χ1) is 6.64.